The molecule has 0 N–H and O–H groups in total. The van der Waals surface area contributed by atoms with Crippen molar-refractivity contribution in [2.75, 3.05) is 18.5 Å². The van der Waals surface area contributed by atoms with Crippen molar-refractivity contribution in [1.82, 2.24) is 4.90 Å². The lowest BCUT2D eigenvalue weighted by atomic mass is 9.89. The highest BCUT2D eigenvalue weighted by Gasteiger charge is 2.41. The molecule has 0 saturated heterocycles. The van der Waals surface area contributed by atoms with Crippen LogP contribution in [0.4, 0.5) is 5.69 Å². The van der Waals surface area contributed by atoms with E-state index >= 15 is 0 Å². The summed E-state index contributed by atoms with van der Waals surface area (Å²) in [5.41, 5.74) is 0.716. The number of benzene rings is 2. The minimum Gasteiger partial charge on any atom is -0.341 e. The standard InChI is InChI=1S/C21H26N2O2/c1-5-23(18-14-10-7-11-15-18)20(25)21(2,3)19(24)22(4)16-17-12-8-6-9-13-17/h6-15H,5,16H2,1-4H3. The highest BCUT2D eigenvalue weighted by atomic mass is 16.2. The highest BCUT2D eigenvalue weighted by Crippen LogP contribution is 2.26. The van der Waals surface area contributed by atoms with Gasteiger partial charge in [-0.2, -0.15) is 0 Å². The molecule has 0 bridgehead atoms. The summed E-state index contributed by atoms with van der Waals surface area (Å²) in [6.45, 7) is 6.31. The van der Waals surface area contributed by atoms with Gasteiger partial charge >= 0.3 is 0 Å². The van der Waals surface area contributed by atoms with Crippen LogP contribution in [0.1, 0.15) is 26.3 Å². The first kappa shape index (κ1) is 18.7. The van der Waals surface area contributed by atoms with Crippen LogP contribution in [0.5, 0.6) is 0 Å². The fourth-order valence-corrected chi connectivity index (χ4v) is 2.89. The molecule has 0 fully saturated rings. The number of hydrogen-bond acceptors (Lipinski definition) is 2. The first-order valence-electron chi connectivity index (χ1n) is 8.54. The van der Waals surface area contributed by atoms with Crippen LogP contribution in [0.15, 0.2) is 60.7 Å². The molecule has 0 heterocycles. The normalized spacial score (nSPS) is 11.0. The van der Waals surface area contributed by atoms with Crippen LogP contribution in [-0.4, -0.2) is 30.3 Å². The zero-order valence-electron chi connectivity index (χ0n) is 15.4. The largest absolute Gasteiger partial charge is 0.341 e. The number of rotatable bonds is 6. The van der Waals surface area contributed by atoms with E-state index in [1.807, 2.05) is 67.6 Å². The Bertz CT molecular complexity index is 711. The smallest absolute Gasteiger partial charge is 0.242 e. The SMILES string of the molecule is CCN(C(=O)C(C)(C)C(=O)N(C)Cc1ccccc1)c1ccccc1. The van der Waals surface area contributed by atoms with Crippen molar-refractivity contribution in [1.29, 1.82) is 0 Å². The van der Waals surface area contributed by atoms with Gasteiger partial charge in [0.25, 0.3) is 0 Å². The molecule has 0 aliphatic heterocycles. The van der Waals surface area contributed by atoms with Crippen molar-refractivity contribution in [3.8, 4) is 0 Å². The summed E-state index contributed by atoms with van der Waals surface area (Å²) >= 11 is 0. The molecule has 25 heavy (non-hydrogen) atoms. The molecule has 4 heteroatoms. The summed E-state index contributed by atoms with van der Waals surface area (Å²) in [5.74, 6) is -0.373. The van der Waals surface area contributed by atoms with Gasteiger partial charge in [-0.3, -0.25) is 9.59 Å². The van der Waals surface area contributed by atoms with E-state index in [2.05, 4.69) is 0 Å². The summed E-state index contributed by atoms with van der Waals surface area (Å²) < 4.78 is 0. The van der Waals surface area contributed by atoms with Crippen molar-refractivity contribution in [2.45, 2.75) is 27.3 Å². The Kier molecular flexibility index (Phi) is 5.97. The van der Waals surface area contributed by atoms with E-state index in [4.69, 9.17) is 0 Å². The lowest BCUT2D eigenvalue weighted by Gasteiger charge is -2.33. The summed E-state index contributed by atoms with van der Waals surface area (Å²) in [6.07, 6.45) is 0. The molecular formula is C21H26N2O2. The average molecular weight is 338 g/mol. The van der Waals surface area contributed by atoms with Gasteiger partial charge in [-0.1, -0.05) is 48.5 Å². The summed E-state index contributed by atoms with van der Waals surface area (Å²) in [7, 11) is 1.74. The Morgan fingerprint density at radius 3 is 1.92 bits per heavy atom. The lowest BCUT2D eigenvalue weighted by molar-refractivity contribution is -0.146. The van der Waals surface area contributed by atoms with Crippen molar-refractivity contribution < 1.29 is 9.59 Å². The van der Waals surface area contributed by atoms with Gasteiger partial charge in [0.2, 0.25) is 11.8 Å². The maximum absolute atomic E-state index is 13.1. The Balaban J connectivity index is 2.17. The quantitative estimate of drug-likeness (QED) is 0.753. The van der Waals surface area contributed by atoms with E-state index < -0.39 is 5.41 Å². The zero-order chi connectivity index (χ0) is 18.4. The maximum atomic E-state index is 13.1. The van der Waals surface area contributed by atoms with Crippen molar-refractivity contribution in [2.24, 2.45) is 5.41 Å². The Labute approximate surface area is 150 Å². The molecule has 0 aliphatic carbocycles. The third kappa shape index (κ3) is 4.27. The molecule has 0 atom stereocenters. The highest BCUT2D eigenvalue weighted by molar-refractivity contribution is 6.10. The van der Waals surface area contributed by atoms with Gasteiger partial charge in [0.1, 0.15) is 5.41 Å². The molecule has 0 radical (unpaired) electrons. The summed E-state index contributed by atoms with van der Waals surface area (Å²) in [6, 6.07) is 19.2. The van der Waals surface area contributed by atoms with E-state index in [1.54, 1.807) is 30.7 Å². The Hall–Kier alpha value is -2.62. The minimum absolute atomic E-state index is 0.185. The number of hydrogen-bond donors (Lipinski definition) is 0. The van der Waals surface area contributed by atoms with E-state index in [0.717, 1.165) is 11.3 Å². The predicted octanol–water partition coefficient (Wildman–Crippen LogP) is 3.72. The monoisotopic (exact) mass is 338 g/mol. The average Bonchev–Trinajstić information content (AvgIpc) is 2.63. The summed E-state index contributed by atoms with van der Waals surface area (Å²) in [4.78, 5) is 29.3. The second kappa shape index (κ2) is 7.97. The Morgan fingerprint density at radius 2 is 1.40 bits per heavy atom. The lowest BCUT2D eigenvalue weighted by Crippen LogP contribution is -2.50. The van der Waals surface area contributed by atoms with Crippen LogP contribution in [-0.2, 0) is 16.1 Å². The van der Waals surface area contributed by atoms with Crippen LogP contribution in [0.25, 0.3) is 0 Å². The van der Waals surface area contributed by atoms with Crippen LogP contribution >= 0.6 is 0 Å². The number of amides is 2. The van der Waals surface area contributed by atoms with Crippen molar-refractivity contribution in [3.05, 3.63) is 66.2 Å². The van der Waals surface area contributed by atoms with Gasteiger partial charge in [-0.15, -0.1) is 0 Å². The van der Waals surface area contributed by atoms with Gasteiger partial charge in [-0.25, -0.2) is 0 Å². The second-order valence-corrected chi connectivity index (χ2v) is 6.66. The van der Waals surface area contributed by atoms with Gasteiger partial charge in [0.15, 0.2) is 0 Å². The first-order chi connectivity index (χ1) is 11.9. The van der Waals surface area contributed by atoms with E-state index in [1.165, 1.54) is 0 Å². The van der Waals surface area contributed by atoms with Gasteiger partial charge < -0.3 is 9.80 Å². The molecule has 0 saturated carbocycles. The maximum Gasteiger partial charge on any atom is 0.242 e. The summed E-state index contributed by atoms with van der Waals surface area (Å²) in [5, 5.41) is 0. The van der Waals surface area contributed by atoms with Crippen LogP contribution in [0, 0.1) is 5.41 Å². The van der Waals surface area contributed by atoms with E-state index in [-0.39, 0.29) is 11.8 Å². The molecule has 0 aliphatic rings. The third-order valence-corrected chi connectivity index (χ3v) is 4.31. The molecule has 2 aromatic rings. The molecule has 2 aromatic carbocycles. The first-order valence-corrected chi connectivity index (χ1v) is 8.54. The Morgan fingerprint density at radius 1 is 0.880 bits per heavy atom. The number of nitrogens with zero attached hydrogens (tertiary/aromatic N) is 2. The molecule has 2 rings (SSSR count). The number of para-hydroxylation sites is 1. The number of carbonyl (C=O) groups is 2. The molecule has 0 unspecified atom stereocenters. The number of carbonyl (C=O) groups excluding carboxylic acids is 2. The van der Waals surface area contributed by atoms with Gasteiger partial charge in [0.05, 0.1) is 0 Å². The van der Waals surface area contributed by atoms with Crippen molar-refractivity contribution >= 4 is 17.5 Å². The fraction of sp³-hybridized carbons (Fsp3) is 0.333. The van der Waals surface area contributed by atoms with Gasteiger partial charge in [-0.05, 0) is 38.5 Å². The molecule has 0 spiro atoms. The minimum atomic E-state index is -1.13. The zero-order valence-corrected chi connectivity index (χ0v) is 15.4. The molecule has 2 amide bonds. The number of anilines is 1. The topological polar surface area (TPSA) is 40.6 Å². The second-order valence-electron chi connectivity index (χ2n) is 6.66. The molecule has 132 valence electrons. The van der Waals surface area contributed by atoms with Gasteiger partial charge in [0, 0.05) is 25.8 Å². The third-order valence-electron chi connectivity index (χ3n) is 4.31. The predicted molar refractivity (Wildman–Crippen MR) is 101 cm³/mol. The molecular weight excluding hydrogens is 312 g/mol. The fourth-order valence-electron chi connectivity index (χ4n) is 2.89. The van der Waals surface area contributed by atoms with Crippen LogP contribution in [0.3, 0.4) is 0 Å². The van der Waals surface area contributed by atoms with E-state index in [9.17, 15) is 9.59 Å². The van der Waals surface area contributed by atoms with Crippen LogP contribution in [0.2, 0.25) is 0 Å². The molecule has 0 aromatic heterocycles. The van der Waals surface area contributed by atoms with Crippen molar-refractivity contribution in [3.63, 3.8) is 0 Å². The van der Waals surface area contributed by atoms with E-state index in [0.29, 0.717) is 13.1 Å². The molecule has 4 nitrogen and oxygen atoms in total. The van der Waals surface area contributed by atoms with Crippen LogP contribution < -0.4 is 4.90 Å².